The molecule has 0 aliphatic heterocycles. The van der Waals surface area contributed by atoms with Gasteiger partial charge < -0.3 is 9.84 Å². The zero-order chi connectivity index (χ0) is 13.7. The summed E-state index contributed by atoms with van der Waals surface area (Å²) in [5.74, 6) is 1.41. The van der Waals surface area contributed by atoms with Crippen LogP contribution in [0, 0.1) is 0 Å². The molecule has 0 saturated carbocycles. The minimum absolute atomic E-state index is 0.00748. The molecule has 1 aromatic carbocycles. The summed E-state index contributed by atoms with van der Waals surface area (Å²) in [4.78, 5) is 4.31. The van der Waals surface area contributed by atoms with Gasteiger partial charge in [0.1, 0.15) is 5.75 Å². The number of ether oxygens (including phenoxy) is 1. The van der Waals surface area contributed by atoms with E-state index in [0.717, 1.165) is 22.9 Å². The zero-order valence-corrected chi connectivity index (χ0v) is 12.1. The van der Waals surface area contributed by atoms with E-state index in [1.165, 1.54) is 5.56 Å². The molecule has 0 fully saturated rings. The van der Waals surface area contributed by atoms with E-state index in [0.29, 0.717) is 12.5 Å². The van der Waals surface area contributed by atoms with Crippen molar-refractivity contribution < 1.29 is 9.84 Å². The van der Waals surface area contributed by atoms with E-state index in [4.69, 9.17) is 9.84 Å². The van der Waals surface area contributed by atoms with Crippen LogP contribution in [0.1, 0.15) is 36.0 Å². The van der Waals surface area contributed by atoms with E-state index in [2.05, 4.69) is 24.9 Å². The Balaban J connectivity index is 1.92. The van der Waals surface area contributed by atoms with Gasteiger partial charge in [-0.3, -0.25) is 0 Å². The molecule has 1 heterocycles. The van der Waals surface area contributed by atoms with Crippen molar-refractivity contribution in [2.24, 2.45) is 0 Å². The number of hydrogen-bond donors (Lipinski definition) is 1. The van der Waals surface area contributed by atoms with E-state index >= 15 is 0 Å². The molecule has 19 heavy (non-hydrogen) atoms. The van der Waals surface area contributed by atoms with Crippen molar-refractivity contribution in [3.8, 4) is 5.75 Å². The number of thiazole rings is 1. The van der Waals surface area contributed by atoms with Gasteiger partial charge in [-0.2, -0.15) is 0 Å². The van der Waals surface area contributed by atoms with Crippen LogP contribution in [0.4, 0.5) is 0 Å². The van der Waals surface area contributed by atoms with Crippen molar-refractivity contribution in [3.05, 3.63) is 45.9 Å². The quantitative estimate of drug-likeness (QED) is 0.880. The van der Waals surface area contributed by atoms with Crippen molar-refractivity contribution in [2.75, 3.05) is 6.61 Å². The summed E-state index contributed by atoms with van der Waals surface area (Å²) in [5.41, 5.74) is 1.97. The second-order valence-electron chi connectivity index (χ2n) is 4.68. The van der Waals surface area contributed by atoms with Gasteiger partial charge in [0, 0.05) is 11.8 Å². The molecule has 2 aromatic rings. The topological polar surface area (TPSA) is 42.4 Å². The Kier molecular flexibility index (Phi) is 4.93. The Morgan fingerprint density at radius 1 is 1.32 bits per heavy atom. The molecule has 0 saturated heterocycles. The summed E-state index contributed by atoms with van der Waals surface area (Å²) >= 11 is 1.57. The van der Waals surface area contributed by atoms with E-state index in [9.17, 15) is 0 Å². The Morgan fingerprint density at radius 2 is 2.11 bits per heavy atom. The van der Waals surface area contributed by atoms with Crippen molar-refractivity contribution in [2.45, 2.75) is 32.8 Å². The summed E-state index contributed by atoms with van der Waals surface area (Å²) < 4.78 is 5.85. The Bertz CT molecular complexity index is 522. The van der Waals surface area contributed by atoms with Gasteiger partial charge >= 0.3 is 0 Å². The molecule has 0 unspecified atom stereocenters. The highest BCUT2D eigenvalue weighted by molar-refractivity contribution is 7.09. The SMILES string of the molecule is CC(C)c1ccccc1OCCc1nc(CO)cs1. The highest BCUT2D eigenvalue weighted by Gasteiger charge is 2.07. The average Bonchev–Trinajstić information content (AvgIpc) is 2.87. The first kappa shape index (κ1) is 14.0. The first-order valence-electron chi connectivity index (χ1n) is 6.46. The molecule has 3 nitrogen and oxygen atoms in total. The van der Waals surface area contributed by atoms with Crippen LogP contribution >= 0.6 is 11.3 Å². The minimum atomic E-state index is 0.00748. The van der Waals surface area contributed by atoms with Crippen LogP contribution < -0.4 is 4.74 Å². The average molecular weight is 277 g/mol. The van der Waals surface area contributed by atoms with Gasteiger partial charge in [-0.1, -0.05) is 32.0 Å². The highest BCUT2D eigenvalue weighted by Crippen LogP contribution is 2.26. The Morgan fingerprint density at radius 3 is 2.79 bits per heavy atom. The van der Waals surface area contributed by atoms with Gasteiger partial charge in [0.15, 0.2) is 0 Å². The number of para-hydroxylation sites is 1. The maximum atomic E-state index is 8.96. The fourth-order valence-corrected chi connectivity index (χ4v) is 2.64. The molecular weight excluding hydrogens is 258 g/mol. The number of aliphatic hydroxyl groups excluding tert-OH is 1. The van der Waals surface area contributed by atoms with Crippen LogP contribution in [-0.2, 0) is 13.0 Å². The van der Waals surface area contributed by atoms with Crippen molar-refractivity contribution in [3.63, 3.8) is 0 Å². The maximum absolute atomic E-state index is 8.96. The third-order valence-electron chi connectivity index (χ3n) is 2.88. The van der Waals surface area contributed by atoms with E-state index < -0.39 is 0 Å². The summed E-state index contributed by atoms with van der Waals surface area (Å²) in [5, 5.41) is 11.9. The normalized spacial score (nSPS) is 10.9. The molecule has 1 aromatic heterocycles. The molecule has 0 bridgehead atoms. The number of hydrogen-bond acceptors (Lipinski definition) is 4. The predicted octanol–water partition coefficient (Wildman–Crippen LogP) is 3.38. The number of nitrogens with zero attached hydrogens (tertiary/aromatic N) is 1. The molecule has 2 rings (SSSR count). The van der Waals surface area contributed by atoms with Crippen LogP contribution in [0.15, 0.2) is 29.6 Å². The second-order valence-corrected chi connectivity index (χ2v) is 5.62. The Hall–Kier alpha value is -1.39. The summed E-state index contributed by atoms with van der Waals surface area (Å²) in [7, 11) is 0. The fraction of sp³-hybridized carbons (Fsp3) is 0.400. The smallest absolute Gasteiger partial charge is 0.122 e. The molecule has 4 heteroatoms. The predicted molar refractivity (Wildman–Crippen MR) is 77.8 cm³/mol. The number of aromatic nitrogens is 1. The van der Waals surface area contributed by atoms with Gasteiger partial charge in [0.25, 0.3) is 0 Å². The van der Waals surface area contributed by atoms with E-state index in [-0.39, 0.29) is 6.61 Å². The van der Waals surface area contributed by atoms with Gasteiger partial charge in [0.05, 0.1) is 23.9 Å². The van der Waals surface area contributed by atoms with Crippen LogP contribution in [0.2, 0.25) is 0 Å². The fourth-order valence-electron chi connectivity index (χ4n) is 1.87. The highest BCUT2D eigenvalue weighted by atomic mass is 32.1. The first-order chi connectivity index (χ1) is 9.20. The maximum Gasteiger partial charge on any atom is 0.122 e. The standard InChI is InChI=1S/C15H19NO2S/c1-11(2)13-5-3-4-6-14(13)18-8-7-15-16-12(9-17)10-19-15/h3-6,10-11,17H,7-9H2,1-2H3. The van der Waals surface area contributed by atoms with Crippen LogP contribution in [0.25, 0.3) is 0 Å². The number of benzene rings is 1. The zero-order valence-electron chi connectivity index (χ0n) is 11.3. The van der Waals surface area contributed by atoms with Crippen molar-refractivity contribution in [1.82, 2.24) is 4.98 Å². The Labute approximate surface area is 117 Å². The molecule has 0 radical (unpaired) electrons. The van der Waals surface area contributed by atoms with E-state index in [1.807, 2.05) is 23.6 Å². The molecule has 0 amide bonds. The third kappa shape index (κ3) is 3.78. The lowest BCUT2D eigenvalue weighted by Crippen LogP contribution is -2.04. The van der Waals surface area contributed by atoms with E-state index in [1.54, 1.807) is 11.3 Å². The lowest BCUT2D eigenvalue weighted by molar-refractivity contribution is 0.277. The molecule has 0 aliphatic carbocycles. The lowest BCUT2D eigenvalue weighted by Gasteiger charge is -2.13. The monoisotopic (exact) mass is 277 g/mol. The summed E-state index contributed by atoms with van der Waals surface area (Å²) in [6.45, 7) is 4.95. The molecular formula is C15H19NO2S. The van der Waals surface area contributed by atoms with Gasteiger partial charge in [0.2, 0.25) is 0 Å². The second kappa shape index (κ2) is 6.68. The minimum Gasteiger partial charge on any atom is -0.493 e. The summed E-state index contributed by atoms with van der Waals surface area (Å²) in [6.07, 6.45) is 0.775. The third-order valence-corrected chi connectivity index (χ3v) is 3.83. The first-order valence-corrected chi connectivity index (χ1v) is 7.34. The van der Waals surface area contributed by atoms with Gasteiger partial charge in [-0.25, -0.2) is 4.98 Å². The summed E-state index contributed by atoms with van der Waals surface area (Å²) in [6, 6.07) is 8.15. The van der Waals surface area contributed by atoms with Gasteiger partial charge in [-0.05, 0) is 17.5 Å². The number of aliphatic hydroxyl groups is 1. The van der Waals surface area contributed by atoms with Crippen LogP contribution in [0.5, 0.6) is 5.75 Å². The molecule has 1 N–H and O–H groups in total. The van der Waals surface area contributed by atoms with Crippen LogP contribution in [0.3, 0.4) is 0 Å². The molecule has 0 spiro atoms. The van der Waals surface area contributed by atoms with Crippen molar-refractivity contribution in [1.29, 1.82) is 0 Å². The lowest BCUT2D eigenvalue weighted by atomic mass is 10.0. The molecule has 0 atom stereocenters. The largest absolute Gasteiger partial charge is 0.493 e. The molecule has 102 valence electrons. The molecule has 0 aliphatic rings. The van der Waals surface area contributed by atoms with Crippen molar-refractivity contribution >= 4 is 11.3 Å². The van der Waals surface area contributed by atoms with Gasteiger partial charge in [-0.15, -0.1) is 11.3 Å². The van der Waals surface area contributed by atoms with Crippen LogP contribution in [-0.4, -0.2) is 16.7 Å². The number of rotatable bonds is 6.